The standard InChI is InChI=1S/C31H35FN4O3/c32-27-12-21(2-1-20(27)9-19(14-33)10-29(37)30-22-3-4-24(11-22)35-30)28-13-26-23(15-34-28)16-39-31(26)5-7-36(8-6-31)25-17-38-18-25/h1-2,12-13,15,19,22,24-25,30,35H,3-11,16-18H2/t19-,22+,24-,30+/m1/s1. The van der Waals surface area contributed by atoms with Crippen LogP contribution >= 0.6 is 0 Å². The highest BCUT2D eigenvalue weighted by Gasteiger charge is 2.45. The number of piperidine rings is 2. The van der Waals surface area contributed by atoms with E-state index in [1.165, 1.54) is 11.6 Å². The molecule has 4 fully saturated rings. The molecule has 4 aliphatic heterocycles. The Kier molecular flexibility index (Phi) is 6.51. The van der Waals surface area contributed by atoms with E-state index >= 15 is 4.39 Å². The normalized spacial score (nSPS) is 28.3. The van der Waals surface area contributed by atoms with E-state index < -0.39 is 5.92 Å². The molecular formula is C31H35FN4O3. The fourth-order valence-electron chi connectivity index (χ4n) is 7.46. The first kappa shape index (κ1) is 25.3. The second-order valence-electron chi connectivity index (χ2n) is 12.2. The van der Waals surface area contributed by atoms with Crippen molar-refractivity contribution in [3.05, 3.63) is 53.0 Å². The predicted molar refractivity (Wildman–Crippen MR) is 142 cm³/mol. The molecule has 0 amide bonds. The Bertz CT molecular complexity index is 1310. The molecule has 3 saturated heterocycles. The van der Waals surface area contributed by atoms with Gasteiger partial charge in [-0.25, -0.2) is 4.39 Å². The Hall–Kier alpha value is -2.70. The summed E-state index contributed by atoms with van der Waals surface area (Å²) < 4.78 is 27.0. The van der Waals surface area contributed by atoms with Gasteiger partial charge in [0.15, 0.2) is 5.78 Å². The van der Waals surface area contributed by atoms with Crippen LogP contribution in [0.5, 0.6) is 0 Å². The first-order chi connectivity index (χ1) is 19.0. The van der Waals surface area contributed by atoms with Crippen LogP contribution in [0.2, 0.25) is 0 Å². The van der Waals surface area contributed by atoms with Gasteiger partial charge in [-0.05, 0) is 67.7 Å². The topological polar surface area (TPSA) is 87.5 Å². The Balaban J connectivity index is 1.04. The van der Waals surface area contributed by atoms with Crippen LogP contribution in [0.3, 0.4) is 0 Å². The Morgan fingerprint density at radius 3 is 2.77 bits per heavy atom. The van der Waals surface area contributed by atoms with Gasteiger partial charge in [0.05, 0.1) is 55.2 Å². The fraction of sp³-hybridized carbons (Fsp3) is 0.581. The van der Waals surface area contributed by atoms with Gasteiger partial charge in [-0.1, -0.05) is 12.1 Å². The molecule has 39 heavy (non-hydrogen) atoms. The zero-order chi connectivity index (χ0) is 26.6. The molecule has 5 aliphatic rings. The number of benzene rings is 1. The van der Waals surface area contributed by atoms with Crippen LogP contribution in [0.1, 0.15) is 55.2 Å². The Morgan fingerprint density at radius 1 is 1.26 bits per heavy atom. The summed E-state index contributed by atoms with van der Waals surface area (Å²) in [4.78, 5) is 20.0. The van der Waals surface area contributed by atoms with Crippen molar-refractivity contribution in [2.75, 3.05) is 26.3 Å². The number of hydrogen-bond acceptors (Lipinski definition) is 7. The molecule has 1 aromatic heterocycles. The molecule has 4 atom stereocenters. The summed E-state index contributed by atoms with van der Waals surface area (Å²) in [5, 5.41) is 13.1. The molecule has 7 rings (SSSR count). The van der Waals surface area contributed by atoms with E-state index in [1.54, 1.807) is 6.07 Å². The fourth-order valence-corrected chi connectivity index (χ4v) is 7.46. The Labute approximate surface area is 228 Å². The quantitative estimate of drug-likeness (QED) is 0.581. The average molecular weight is 531 g/mol. The highest BCUT2D eigenvalue weighted by atomic mass is 19.1. The minimum atomic E-state index is -0.536. The summed E-state index contributed by atoms with van der Waals surface area (Å²) >= 11 is 0. The molecule has 7 nitrogen and oxygen atoms in total. The smallest absolute Gasteiger partial charge is 0.151 e. The number of carbonyl (C=O) groups is 1. The van der Waals surface area contributed by atoms with Crippen LogP contribution in [0.15, 0.2) is 30.5 Å². The molecule has 1 aromatic carbocycles. The summed E-state index contributed by atoms with van der Waals surface area (Å²) in [5.41, 5.74) is 3.90. The van der Waals surface area contributed by atoms with Crippen LogP contribution in [0.4, 0.5) is 4.39 Å². The number of ketones is 1. The number of fused-ring (bicyclic) bond motifs is 4. The van der Waals surface area contributed by atoms with Crippen molar-refractivity contribution in [3.8, 4) is 17.3 Å². The molecule has 0 radical (unpaired) electrons. The minimum Gasteiger partial charge on any atom is -0.378 e. The molecule has 1 saturated carbocycles. The van der Waals surface area contributed by atoms with E-state index in [9.17, 15) is 10.1 Å². The van der Waals surface area contributed by atoms with Crippen molar-refractivity contribution in [1.29, 1.82) is 5.26 Å². The summed E-state index contributed by atoms with van der Waals surface area (Å²) in [6, 6.07) is 10.3. The van der Waals surface area contributed by atoms with Crippen molar-refractivity contribution < 1.29 is 18.7 Å². The van der Waals surface area contributed by atoms with Gasteiger partial charge in [-0.3, -0.25) is 14.7 Å². The number of Topliss-reactive ketones (excluding diaryl/α,β-unsaturated/α-hetero) is 1. The number of pyridine rings is 1. The zero-order valence-corrected chi connectivity index (χ0v) is 22.2. The van der Waals surface area contributed by atoms with Gasteiger partial charge >= 0.3 is 0 Å². The second kappa shape index (κ2) is 10.0. The van der Waals surface area contributed by atoms with E-state index in [0.717, 1.165) is 69.7 Å². The lowest BCUT2D eigenvalue weighted by atomic mass is 9.83. The molecule has 0 unspecified atom stereocenters. The number of nitriles is 1. The van der Waals surface area contributed by atoms with Gasteiger partial charge in [0.2, 0.25) is 0 Å². The maximum Gasteiger partial charge on any atom is 0.151 e. The largest absolute Gasteiger partial charge is 0.378 e. The van der Waals surface area contributed by atoms with Crippen molar-refractivity contribution in [3.63, 3.8) is 0 Å². The lowest BCUT2D eigenvalue weighted by molar-refractivity contribution is -0.122. The van der Waals surface area contributed by atoms with E-state index in [4.69, 9.17) is 9.47 Å². The van der Waals surface area contributed by atoms with Gasteiger partial charge in [-0.2, -0.15) is 5.26 Å². The van der Waals surface area contributed by atoms with Gasteiger partial charge < -0.3 is 14.8 Å². The van der Waals surface area contributed by atoms with Crippen LogP contribution in [0, 0.1) is 29.0 Å². The minimum absolute atomic E-state index is 0.0936. The third kappa shape index (κ3) is 4.59. The summed E-state index contributed by atoms with van der Waals surface area (Å²) in [6.45, 7) is 4.17. The first-order valence-electron chi connectivity index (χ1n) is 14.4. The summed E-state index contributed by atoms with van der Waals surface area (Å²) in [6.07, 6.45) is 7.40. The van der Waals surface area contributed by atoms with E-state index in [2.05, 4.69) is 27.3 Å². The highest BCUT2D eigenvalue weighted by molar-refractivity contribution is 5.85. The number of halogens is 1. The van der Waals surface area contributed by atoms with Crippen LogP contribution in [-0.4, -0.2) is 60.1 Å². The second-order valence-corrected chi connectivity index (χ2v) is 12.2. The molecule has 1 N–H and O–H groups in total. The van der Waals surface area contributed by atoms with Crippen molar-refractivity contribution in [2.24, 2.45) is 11.8 Å². The van der Waals surface area contributed by atoms with Gasteiger partial charge in [-0.15, -0.1) is 0 Å². The average Bonchev–Trinajstić information content (AvgIpc) is 3.65. The van der Waals surface area contributed by atoms with E-state index in [1.807, 2.05) is 12.3 Å². The number of nitrogens with zero attached hydrogens (tertiary/aromatic N) is 3. The van der Waals surface area contributed by atoms with Crippen molar-refractivity contribution in [1.82, 2.24) is 15.2 Å². The van der Waals surface area contributed by atoms with Crippen LogP contribution < -0.4 is 5.32 Å². The molecule has 2 bridgehead atoms. The lowest BCUT2D eigenvalue weighted by Crippen LogP contribution is -2.54. The number of hydrogen-bond donors (Lipinski definition) is 1. The van der Waals surface area contributed by atoms with Gasteiger partial charge in [0.25, 0.3) is 0 Å². The zero-order valence-electron chi connectivity index (χ0n) is 22.2. The van der Waals surface area contributed by atoms with E-state index in [-0.39, 0.29) is 36.1 Å². The highest BCUT2D eigenvalue weighted by Crippen LogP contribution is 2.45. The number of aromatic nitrogens is 1. The number of ether oxygens (including phenoxy) is 2. The van der Waals surface area contributed by atoms with Crippen LogP contribution in [-0.2, 0) is 32.9 Å². The van der Waals surface area contributed by atoms with Crippen molar-refractivity contribution in [2.45, 2.75) is 75.3 Å². The van der Waals surface area contributed by atoms with Crippen molar-refractivity contribution >= 4 is 5.78 Å². The number of likely N-dealkylation sites (tertiary alicyclic amines) is 1. The maximum atomic E-state index is 15.3. The first-order valence-corrected chi connectivity index (χ1v) is 14.4. The predicted octanol–water partition coefficient (Wildman–Crippen LogP) is 3.89. The van der Waals surface area contributed by atoms with Gasteiger partial charge in [0.1, 0.15) is 5.82 Å². The number of nitrogens with one attached hydrogen (secondary N) is 1. The molecular weight excluding hydrogens is 495 g/mol. The van der Waals surface area contributed by atoms with Gasteiger partial charge in [0, 0.05) is 42.9 Å². The molecule has 5 heterocycles. The number of rotatable bonds is 7. The summed E-state index contributed by atoms with van der Waals surface area (Å²) in [5.74, 6) is -0.406. The summed E-state index contributed by atoms with van der Waals surface area (Å²) in [7, 11) is 0. The monoisotopic (exact) mass is 530 g/mol. The van der Waals surface area contributed by atoms with E-state index in [0.29, 0.717) is 35.7 Å². The molecule has 1 aliphatic carbocycles. The maximum absolute atomic E-state index is 15.3. The Morgan fingerprint density at radius 2 is 2.10 bits per heavy atom. The molecule has 204 valence electrons. The molecule has 8 heteroatoms. The molecule has 2 aromatic rings. The number of carbonyl (C=O) groups excluding carboxylic acids is 1. The van der Waals surface area contributed by atoms with Crippen LogP contribution in [0.25, 0.3) is 11.3 Å². The molecule has 1 spiro atoms. The SMILES string of the molecule is N#C[C@@H](CC(=O)[C@H]1N[C@@H]2CC[C@H]1C2)Cc1ccc(-c2cc3c(cn2)COC32CCN(C3COC3)CC2)cc1F. The third-order valence-corrected chi connectivity index (χ3v) is 9.88. The third-order valence-electron chi connectivity index (χ3n) is 9.88. The lowest BCUT2D eigenvalue weighted by Gasteiger charge is -2.45.